The van der Waals surface area contributed by atoms with Crippen LogP contribution in [0.2, 0.25) is 0 Å². The summed E-state index contributed by atoms with van der Waals surface area (Å²) in [6.07, 6.45) is 5.86. The summed E-state index contributed by atoms with van der Waals surface area (Å²) in [5.41, 5.74) is 0.770. The molecule has 6 heteroatoms. The fraction of sp³-hybridized carbons (Fsp3) is 0.333. The Balaban J connectivity index is 2.94. The maximum Gasteiger partial charge on any atom is 0.330 e. The summed E-state index contributed by atoms with van der Waals surface area (Å²) in [6.45, 7) is 2.36. The molecule has 0 aliphatic rings. The Labute approximate surface area is 141 Å². The van der Waals surface area contributed by atoms with Gasteiger partial charge in [0.25, 0.3) is 5.91 Å². The number of likely N-dealkylation sites (N-methyl/N-ethyl adjacent to an activating group) is 1. The molecule has 0 aliphatic heterocycles. The Bertz CT molecular complexity index is 608. The van der Waals surface area contributed by atoms with Crippen molar-refractivity contribution in [2.75, 3.05) is 20.8 Å². The highest BCUT2D eigenvalue weighted by molar-refractivity contribution is 6.19. The van der Waals surface area contributed by atoms with Crippen molar-refractivity contribution < 1.29 is 23.6 Å². The van der Waals surface area contributed by atoms with Gasteiger partial charge in [0.2, 0.25) is 0 Å². The average molecular weight is 335 g/mol. The number of rotatable bonds is 8. The van der Waals surface area contributed by atoms with Gasteiger partial charge in [0.1, 0.15) is 5.82 Å². The van der Waals surface area contributed by atoms with E-state index in [0.29, 0.717) is 12.2 Å². The lowest BCUT2D eigenvalue weighted by atomic mass is 10.0. The van der Waals surface area contributed by atoms with Crippen LogP contribution in [0.5, 0.6) is 0 Å². The molecule has 24 heavy (non-hydrogen) atoms. The number of allylic oxidation sites excluding steroid dienone is 2. The van der Waals surface area contributed by atoms with Gasteiger partial charge in [-0.1, -0.05) is 31.6 Å². The van der Waals surface area contributed by atoms with Crippen molar-refractivity contribution >= 4 is 17.4 Å². The molecular formula is C18H22FNO4. The minimum absolute atomic E-state index is 0.261. The van der Waals surface area contributed by atoms with Crippen LogP contribution in [0.15, 0.2) is 42.5 Å². The predicted molar refractivity (Wildman–Crippen MR) is 89.2 cm³/mol. The fourth-order valence-electron chi connectivity index (χ4n) is 1.76. The molecule has 1 amide bonds. The van der Waals surface area contributed by atoms with E-state index in [1.54, 1.807) is 0 Å². The van der Waals surface area contributed by atoms with Crippen LogP contribution in [0.25, 0.3) is 5.57 Å². The predicted octanol–water partition coefficient (Wildman–Crippen LogP) is 3.13. The Hall–Kier alpha value is -2.47. The first-order valence-electron chi connectivity index (χ1n) is 7.62. The lowest BCUT2D eigenvalue weighted by Gasteiger charge is -2.16. The van der Waals surface area contributed by atoms with E-state index >= 15 is 0 Å². The van der Waals surface area contributed by atoms with Crippen molar-refractivity contribution in [2.24, 2.45) is 0 Å². The molecule has 0 unspecified atom stereocenters. The summed E-state index contributed by atoms with van der Waals surface area (Å²) >= 11 is 0. The van der Waals surface area contributed by atoms with E-state index in [4.69, 9.17) is 9.57 Å². The van der Waals surface area contributed by atoms with Gasteiger partial charge < -0.3 is 4.74 Å². The summed E-state index contributed by atoms with van der Waals surface area (Å²) in [5, 5.41) is 1.04. The highest BCUT2D eigenvalue weighted by atomic mass is 19.1. The molecule has 0 aliphatic carbocycles. The van der Waals surface area contributed by atoms with Gasteiger partial charge in [0.15, 0.2) is 0 Å². The highest BCUT2D eigenvalue weighted by Crippen LogP contribution is 2.18. The van der Waals surface area contributed by atoms with Crippen LogP contribution in [-0.2, 0) is 19.2 Å². The number of hydroxylamine groups is 2. The molecule has 0 fully saturated rings. The molecule has 0 N–H and O–H groups in total. The number of esters is 1. The maximum absolute atomic E-state index is 13.1. The van der Waals surface area contributed by atoms with E-state index in [9.17, 15) is 14.0 Å². The number of unbranched alkanes of at least 4 members (excludes halogenated alkanes) is 1. The molecule has 0 heterocycles. The Morgan fingerprint density at radius 3 is 2.50 bits per heavy atom. The van der Waals surface area contributed by atoms with Gasteiger partial charge in [-0.05, 0) is 30.2 Å². The first kappa shape index (κ1) is 19.6. The molecule has 0 saturated heterocycles. The lowest BCUT2D eigenvalue weighted by molar-refractivity contribution is -0.161. The zero-order valence-corrected chi connectivity index (χ0v) is 14.1. The summed E-state index contributed by atoms with van der Waals surface area (Å²) < 4.78 is 18.1. The number of nitrogens with zero attached hydrogens (tertiary/aromatic N) is 1. The molecule has 0 aromatic heterocycles. The van der Waals surface area contributed by atoms with Gasteiger partial charge in [0, 0.05) is 18.7 Å². The Morgan fingerprint density at radius 2 is 1.92 bits per heavy atom. The van der Waals surface area contributed by atoms with Crippen LogP contribution in [-0.4, -0.2) is 37.7 Å². The van der Waals surface area contributed by atoms with E-state index in [0.717, 1.165) is 17.9 Å². The van der Waals surface area contributed by atoms with Crippen LogP contribution >= 0.6 is 0 Å². The Morgan fingerprint density at radius 1 is 1.25 bits per heavy atom. The molecule has 1 aromatic carbocycles. The van der Waals surface area contributed by atoms with Crippen LogP contribution in [0.3, 0.4) is 0 Å². The molecule has 0 atom stereocenters. The van der Waals surface area contributed by atoms with Gasteiger partial charge in [-0.15, -0.1) is 0 Å². The van der Waals surface area contributed by atoms with Gasteiger partial charge in [-0.3, -0.25) is 9.63 Å². The van der Waals surface area contributed by atoms with Crippen molar-refractivity contribution in [2.45, 2.75) is 19.8 Å². The molecule has 0 saturated carbocycles. The van der Waals surface area contributed by atoms with Crippen molar-refractivity contribution in [3.8, 4) is 0 Å². The first-order valence-corrected chi connectivity index (χ1v) is 7.62. The largest absolute Gasteiger partial charge is 0.463 e. The van der Waals surface area contributed by atoms with Gasteiger partial charge in [-0.2, -0.15) is 0 Å². The zero-order valence-electron chi connectivity index (χ0n) is 14.1. The number of hydrogen-bond acceptors (Lipinski definition) is 4. The van der Waals surface area contributed by atoms with Crippen molar-refractivity contribution in [3.05, 3.63) is 53.9 Å². The molecule has 130 valence electrons. The van der Waals surface area contributed by atoms with Crippen LogP contribution in [0.4, 0.5) is 4.39 Å². The Kier molecular flexibility index (Phi) is 8.43. The number of carbonyl (C=O) groups is 2. The van der Waals surface area contributed by atoms with Crippen molar-refractivity contribution in [1.29, 1.82) is 0 Å². The zero-order chi connectivity index (χ0) is 17.9. The van der Waals surface area contributed by atoms with Gasteiger partial charge in [0.05, 0.1) is 13.7 Å². The third-order valence-electron chi connectivity index (χ3n) is 3.18. The highest BCUT2D eigenvalue weighted by Gasteiger charge is 2.16. The maximum atomic E-state index is 13.1. The lowest BCUT2D eigenvalue weighted by Crippen LogP contribution is -2.26. The third kappa shape index (κ3) is 6.34. The van der Waals surface area contributed by atoms with E-state index in [-0.39, 0.29) is 5.57 Å². The molecule has 0 radical (unpaired) electrons. The first-order chi connectivity index (χ1) is 11.5. The topological polar surface area (TPSA) is 55.8 Å². The minimum atomic E-state index is -0.481. The number of benzene rings is 1. The summed E-state index contributed by atoms with van der Waals surface area (Å²) in [4.78, 5) is 28.8. The number of carbonyl (C=O) groups excluding carboxylic acids is 2. The van der Waals surface area contributed by atoms with Crippen LogP contribution in [0, 0.1) is 5.82 Å². The molecule has 5 nitrogen and oxygen atoms in total. The summed E-state index contributed by atoms with van der Waals surface area (Å²) in [6, 6.07) is 5.48. The van der Waals surface area contributed by atoms with E-state index in [1.807, 2.05) is 6.92 Å². The van der Waals surface area contributed by atoms with Crippen LogP contribution < -0.4 is 0 Å². The second-order valence-electron chi connectivity index (χ2n) is 4.95. The second-order valence-corrected chi connectivity index (χ2v) is 4.95. The average Bonchev–Trinajstić information content (AvgIpc) is 2.58. The molecule has 0 bridgehead atoms. The second kappa shape index (κ2) is 10.3. The standard InChI is InChI=1S/C18H22FNO4/c1-4-5-13-24-17(21)8-6-7-16(18(22)20(2)23-3)14-9-11-15(19)12-10-14/h6-12H,4-5,13H2,1-3H3/b8-6+,16-7-. The van der Waals surface area contributed by atoms with Crippen molar-refractivity contribution in [1.82, 2.24) is 5.06 Å². The quantitative estimate of drug-likeness (QED) is 0.241. The fourth-order valence-corrected chi connectivity index (χ4v) is 1.76. The normalized spacial score (nSPS) is 11.6. The van der Waals surface area contributed by atoms with Crippen LogP contribution in [0.1, 0.15) is 25.3 Å². The summed E-state index contributed by atoms with van der Waals surface area (Å²) in [7, 11) is 2.82. The van der Waals surface area contributed by atoms with E-state index < -0.39 is 17.7 Å². The SMILES string of the molecule is CCCCOC(=O)/C=C/C=C(\C(=O)N(C)OC)c1ccc(F)cc1. The summed E-state index contributed by atoms with van der Waals surface area (Å²) in [5.74, 6) is -1.31. The number of ether oxygens (including phenoxy) is 1. The third-order valence-corrected chi connectivity index (χ3v) is 3.18. The number of hydrogen-bond donors (Lipinski definition) is 0. The molecular weight excluding hydrogens is 313 g/mol. The minimum Gasteiger partial charge on any atom is -0.463 e. The monoisotopic (exact) mass is 335 g/mol. The van der Waals surface area contributed by atoms with E-state index in [2.05, 4.69) is 0 Å². The molecule has 1 aromatic rings. The van der Waals surface area contributed by atoms with Gasteiger partial charge >= 0.3 is 5.97 Å². The number of halogens is 1. The number of amides is 1. The molecule has 0 spiro atoms. The smallest absolute Gasteiger partial charge is 0.330 e. The van der Waals surface area contributed by atoms with E-state index in [1.165, 1.54) is 56.7 Å². The van der Waals surface area contributed by atoms with Crippen molar-refractivity contribution in [3.63, 3.8) is 0 Å². The van der Waals surface area contributed by atoms with Gasteiger partial charge in [-0.25, -0.2) is 14.2 Å². The molecule has 1 rings (SSSR count).